The standard InChI is InChI=1S/C12H15NO2/c1-9(2)12(14)15-13-10(3)11-7-5-4-6-8-11/h4-9H,1-3H3/b13-10-. The topological polar surface area (TPSA) is 38.7 Å². The highest BCUT2D eigenvalue weighted by molar-refractivity contribution is 5.98. The van der Waals surface area contributed by atoms with Crippen LogP contribution in [-0.4, -0.2) is 11.7 Å². The van der Waals surface area contributed by atoms with E-state index in [1.807, 2.05) is 37.3 Å². The molecule has 3 nitrogen and oxygen atoms in total. The Morgan fingerprint density at radius 3 is 2.40 bits per heavy atom. The molecule has 0 fully saturated rings. The van der Waals surface area contributed by atoms with Crippen LogP contribution < -0.4 is 0 Å². The van der Waals surface area contributed by atoms with Gasteiger partial charge in [0.05, 0.1) is 11.6 Å². The second-order valence-electron chi connectivity index (χ2n) is 3.61. The summed E-state index contributed by atoms with van der Waals surface area (Å²) < 4.78 is 0. The van der Waals surface area contributed by atoms with Gasteiger partial charge in [0, 0.05) is 0 Å². The fourth-order valence-electron chi connectivity index (χ4n) is 0.951. The van der Waals surface area contributed by atoms with E-state index < -0.39 is 0 Å². The number of nitrogens with zero attached hydrogens (tertiary/aromatic N) is 1. The number of rotatable bonds is 3. The molecule has 0 spiro atoms. The molecule has 0 saturated heterocycles. The normalized spacial score (nSPS) is 11.6. The molecule has 80 valence electrons. The van der Waals surface area contributed by atoms with Gasteiger partial charge >= 0.3 is 5.97 Å². The Labute approximate surface area is 89.7 Å². The summed E-state index contributed by atoms with van der Waals surface area (Å²) in [4.78, 5) is 15.9. The Morgan fingerprint density at radius 1 is 1.27 bits per heavy atom. The Balaban J connectivity index is 2.65. The highest BCUT2D eigenvalue weighted by Gasteiger charge is 2.08. The molecular formula is C12H15NO2. The minimum Gasteiger partial charge on any atom is -0.318 e. The molecule has 0 aliphatic rings. The fraction of sp³-hybridized carbons (Fsp3) is 0.333. The largest absolute Gasteiger partial charge is 0.337 e. The van der Waals surface area contributed by atoms with Crippen molar-refractivity contribution in [2.45, 2.75) is 20.8 Å². The van der Waals surface area contributed by atoms with E-state index in [0.29, 0.717) is 5.71 Å². The Kier molecular flexibility index (Phi) is 4.03. The fourth-order valence-corrected chi connectivity index (χ4v) is 0.951. The Hall–Kier alpha value is -1.64. The quantitative estimate of drug-likeness (QED) is 0.432. The SMILES string of the molecule is C/C(=N/OC(=O)C(C)C)c1ccccc1. The molecule has 0 aliphatic heterocycles. The first kappa shape index (κ1) is 11.4. The van der Waals surface area contributed by atoms with Crippen LogP contribution in [0.15, 0.2) is 35.5 Å². The summed E-state index contributed by atoms with van der Waals surface area (Å²) >= 11 is 0. The van der Waals surface area contributed by atoms with Crippen molar-refractivity contribution in [2.75, 3.05) is 0 Å². The number of carbonyl (C=O) groups is 1. The van der Waals surface area contributed by atoms with Crippen LogP contribution >= 0.6 is 0 Å². The zero-order valence-electron chi connectivity index (χ0n) is 9.23. The van der Waals surface area contributed by atoms with Crippen molar-refractivity contribution in [1.29, 1.82) is 0 Å². The molecule has 0 aromatic heterocycles. The lowest BCUT2D eigenvalue weighted by Crippen LogP contribution is -2.09. The van der Waals surface area contributed by atoms with Gasteiger partial charge in [0.25, 0.3) is 0 Å². The van der Waals surface area contributed by atoms with Gasteiger partial charge in [0.15, 0.2) is 0 Å². The first-order valence-corrected chi connectivity index (χ1v) is 4.92. The van der Waals surface area contributed by atoms with E-state index in [9.17, 15) is 4.79 Å². The second-order valence-corrected chi connectivity index (χ2v) is 3.61. The predicted molar refractivity (Wildman–Crippen MR) is 59.6 cm³/mol. The average Bonchev–Trinajstić information content (AvgIpc) is 2.26. The van der Waals surface area contributed by atoms with Crippen molar-refractivity contribution in [3.8, 4) is 0 Å². The van der Waals surface area contributed by atoms with E-state index in [4.69, 9.17) is 4.84 Å². The van der Waals surface area contributed by atoms with Crippen LogP contribution in [0, 0.1) is 5.92 Å². The van der Waals surface area contributed by atoms with Crippen LogP contribution in [0.5, 0.6) is 0 Å². The second kappa shape index (κ2) is 5.29. The molecule has 1 aromatic carbocycles. The summed E-state index contributed by atoms with van der Waals surface area (Å²) in [5.74, 6) is -0.470. The minimum atomic E-state index is -0.315. The maximum atomic E-state index is 11.1. The van der Waals surface area contributed by atoms with E-state index >= 15 is 0 Å². The highest BCUT2D eigenvalue weighted by Crippen LogP contribution is 2.02. The van der Waals surface area contributed by atoms with Crippen LogP contribution in [0.2, 0.25) is 0 Å². The molecule has 0 amide bonds. The van der Waals surface area contributed by atoms with Gasteiger partial charge in [0.2, 0.25) is 0 Å². The Morgan fingerprint density at radius 2 is 1.87 bits per heavy atom. The van der Waals surface area contributed by atoms with Crippen LogP contribution in [0.25, 0.3) is 0 Å². The third kappa shape index (κ3) is 3.54. The summed E-state index contributed by atoms with van der Waals surface area (Å²) in [7, 11) is 0. The summed E-state index contributed by atoms with van der Waals surface area (Å²) in [5.41, 5.74) is 1.65. The summed E-state index contributed by atoms with van der Waals surface area (Å²) in [5, 5.41) is 3.78. The number of hydrogen-bond acceptors (Lipinski definition) is 3. The van der Waals surface area contributed by atoms with Crippen LogP contribution in [0.3, 0.4) is 0 Å². The third-order valence-corrected chi connectivity index (χ3v) is 1.94. The van der Waals surface area contributed by atoms with Gasteiger partial charge in [-0.25, -0.2) is 4.79 Å². The molecule has 3 heteroatoms. The summed E-state index contributed by atoms with van der Waals surface area (Å²) in [6, 6.07) is 9.60. The maximum absolute atomic E-state index is 11.1. The van der Waals surface area contributed by atoms with Crippen LogP contribution in [0.1, 0.15) is 26.3 Å². The van der Waals surface area contributed by atoms with Gasteiger partial charge in [-0.15, -0.1) is 0 Å². The van der Waals surface area contributed by atoms with E-state index in [0.717, 1.165) is 5.56 Å². The summed E-state index contributed by atoms with van der Waals surface area (Å²) in [6.45, 7) is 5.36. The van der Waals surface area contributed by atoms with Crippen molar-refractivity contribution in [2.24, 2.45) is 11.1 Å². The molecule has 0 aliphatic carbocycles. The lowest BCUT2D eigenvalue weighted by molar-refractivity contribution is -0.147. The van der Waals surface area contributed by atoms with Gasteiger partial charge < -0.3 is 4.84 Å². The van der Waals surface area contributed by atoms with Crippen molar-refractivity contribution in [3.05, 3.63) is 35.9 Å². The molecule has 0 radical (unpaired) electrons. The maximum Gasteiger partial charge on any atom is 0.337 e. The third-order valence-electron chi connectivity index (χ3n) is 1.94. The number of benzene rings is 1. The molecule has 0 atom stereocenters. The molecule has 0 saturated carbocycles. The lowest BCUT2D eigenvalue weighted by Gasteiger charge is -2.02. The molecule has 1 rings (SSSR count). The van der Waals surface area contributed by atoms with Gasteiger partial charge in [0.1, 0.15) is 0 Å². The first-order chi connectivity index (χ1) is 7.11. The molecule has 0 unspecified atom stereocenters. The first-order valence-electron chi connectivity index (χ1n) is 4.92. The molecule has 0 heterocycles. The van der Waals surface area contributed by atoms with Gasteiger partial charge in [-0.2, -0.15) is 0 Å². The smallest absolute Gasteiger partial charge is 0.318 e. The van der Waals surface area contributed by atoms with Gasteiger partial charge in [-0.3, -0.25) is 0 Å². The van der Waals surface area contributed by atoms with Crippen molar-refractivity contribution in [3.63, 3.8) is 0 Å². The van der Waals surface area contributed by atoms with E-state index in [1.165, 1.54) is 0 Å². The van der Waals surface area contributed by atoms with Crippen LogP contribution in [-0.2, 0) is 9.63 Å². The zero-order chi connectivity index (χ0) is 11.3. The van der Waals surface area contributed by atoms with Gasteiger partial charge in [-0.1, -0.05) is 49.3 Å². The molecule has 0 bridgehead atoms. The molecular weight excluding hydrogens is 190 g/mol. The van der Waals surface area contributed by atoms with Crippen molar-refractivity contribution in [1.82, 2.24) is 0 Å². The number of hydrogen-bond donors (Lipinski definition) is 0. The molecule has 15 heavy (non-hydrogen) atoms. The molecule has 0 N–H and O–H groups in total. The average molecular weight is 205 g/mol. The van der Waals surface area contributed by atoms with E-state index in [1.54, 1.807) is 13.8 Å². The lowest BCUT2D eigenvalue weighted by atomic mass is 10.1. The summed E-state index contributed by atoms with van der Waals surface area (Å²) in [6.07, 6.45) is 0. The van der Waals surface area contributed by atoms with Crippen molar-refractivity contribution < 1.29 is 9.63 Å². The predicted octanol–water partition coefficient (Wildman–Crippen LogP) is 2.61. The van der Waals surface area contributed by atoms with E-state index in [-0.39, 0.29) is 11.9 Å². The van der Waals surface area contributed by atoms with Crippen molar-refractivity contribution >= 4 is 11.7 Å². The number of carbonyl (C=O) groups excluding carboxylic acids is 1. The number of oxime groups is 1. The zero-order valence-corrected chi connectivity index (χ0v) is 9.23. The van der Waals surface area contributed by atoms with Crippen LogP contribution in [0.4, 0.5) is 0 Å². The highest BCUT2D eigenvalue weighted by atomic mass is 16.7. The Bertz CT molecular complexity index is 355. The van der Waals surface area contributed by atoms with E-state index in [2.05, 4.69) is 5.16 Å². The minimum absolute atomic E-state index is 0.155. The molecule has 1 aromatic rings. The van der Waals surface area contributed by atoms with Gasteiger partial charge in [-0.05, 0) is 12.5 Å². The monoisotopic (exact) mass is 205 g/mol.